The fourth-order valence-corrected chi connectivity index (χ4v) is 2.87. The minimum Gasteiger partial charge on any atom is -1.00 e. The van der Waals surface area contributed by atoms with Crippen LogP contribution in [-0.2, 0) is 9.53 Å². The highest BCUT2D eigenvalue weighted by Gasteiger charge is 2.12. The number of nitrogens with zero attached hydrogens (tertiary/aromatic N) is 1. The number of unbranched alkanes of at least 4 members (excludes halogenated alkanes) is 9. The van der Waals surface area contributed by atoms with E-state index < -0.39 is 0 Å². The van der Waals surface area contributed by atoms with Gasteiger partial charge in [0.1, 0.15) is 0 Å². The van der Waals surface area contributed by atoms with E-state index in [-0.39, 0.29) is 23.0 Å². The molecule has 0 rings (SSSR count). The van der Waals surface area contributed by atoms with Crippen molar-refractivity contribution in [2.24, 2.45) is 0 Å². The van der Waals surface area contributed by atoms with E-state index in [1.54, 1.807) is 6.92 Å². The van der Waals surface area contributed by atoms with Gasteiger partial charge in [-0.3, -0.25) is 0 Å². The van der Waals surface area contributed by atoms with Gasteiger partial charge in [-0.1, -0.05) is 58.4 Å². The molecular weight excluding hydrogens is 378 g/mol. The number of hydrogen-bond donors (Lipinski definition) is 0. The molecule has 0 aromatic heterocycles. The van der Waals surface area contributed by atoms with E-state index in [1.807, 2.05) is 0 Å². The van der Waals surface area contributed by atoms with Crippen LogP contribution in [0.25, 0.3) is 0 Å². The second-order valence-electron chi connectivity index (χ2n) is 7.83. The summed E-state index contributed by atoms with van der Waals surface area (Å²) < 4.78 is 6.27. The van der Waals surface area contributed by atoms with Crippen molar-refractivity contribution in [2.45, 2.75) is 84.5 Å². The van der Waals surface area contributed by atoms with Crippen LogP contribution in [0.4, 0.5) is 0 Å². The van der Waals surface area contributed by atoms with Gasteiger partial charge in [-0.05, 0) is 32.6 Å². The van der Waals surface area contributed by atoms with Gasteiger partial charge in [0, 0.05) is 5.57 Å². The lowest BCUT2D eigenvalue weighted by molar-refractivity contribution is -0.890. The Balaban J connectivity index is 0. The monoisotopic (exact) mass is 419 g/mol. The van der Waals surface area contributed by atoms with Crippen molar-refractivity contribution in [3.63, 3.8) is 0 Å². The molecule has 0 fully saturated rings. The van der Waals surface area contributed by atoms with E-state index in [9.17, 15) is 4.79 Å². The average molecular weight is 420 g/mol. The smallest absolute Gasteiger partial charge is 0.333 e. The Morgan fingerprint density at radius 3 is 1.76 bits per heavy atom. The quantitative estimate of drug-likeness (QED) is 0.166. The first kappa shape index (κ1) is 26.9. The third-order valence-electron chi connectivity index (χ3n) is 4.61. The highest BCUT2D eigenvalue weighted by atomic mass is 79.9. The van der Waals surface area contributed by atoms with Crippen molar-refractivity contribution in [3.05, 3.63) is 12.2 Å². The zero-order valence-corrected chi connectivity index (χ0v) is 18.8. The molecule has 0 N–H and O–H groups in total. The van der Waals surface area contributed by atoms with Crippen molar-refractivity contribution in [3.8, 4) is 0 Å². The molecule has 0 saturated carbocycles. The molecule has 0 radical (unpaired) electrons. The molecular formula is C21H42BrNO2. The summed E-state index contributed by atoms with van der Waals surface area (Å²) in [6.45, 7) is 10.7. The maximum atomic E-state index is 11.2. The second kappa shape index (κ2) is 17.1. The minimum absolute atomic E-state index is 0. The van der Waals surface area contributed by atoms with Crippen LogP contribution in [0.3, 0.4) is 0 Å². The first-order valence-electron chi connectivity index (χ1n) is 10.0. The molecule has 0 aliphatic carbocycles. The molecule has 0 aliphatic heterocycles. The Morgan fingerprint density at radius 1 is 0.840 bits per heavy atom. The maximum absolute atomic E-state index is 11.2. The van der Waals surface area contributed by atoms with Gasteiger partial charge in [0.05, 0.1) is 33.8 Å². The van der Waals surface area contributed by atoms with Gasteiger partial charge in [-0.2, -0.15) is 0 Å². The summed E-state index contributed by atoms with van der Waals surface area (Å²) in [6, 6.07) is 0. The van der Waals surface area contributed by atoms with Gasteiger partial charge in [-0.25, -0.2) is 4.79 Å². The summed E-state index contributed by atoms with van der Waals surface area (Å²) in [5, 5.41) is 0. The molecule has 0 unspecified atom stereocenters. The SMILES string of the molecule is C=C(C)C(=O)OCCCCCCCCCCC[N+](C)(C)CCCC.[Br-]. The summed E-state index contributed by atoms with van der Waals surface area (Å²) in [7, 11) is 4.73. The van der Waals surface area contributed by atoms with Crippen LogP contribution in [0.15, 0.2) is 12.2 Å². The van der Waals surface area contributed by atoms with Gasteiger partial charge in [0.2, 0.25) is 0 Å². The van der Waals surface area contributed by atoms with E-state index in [2.05, 4.69) is 27.6 Å². The summed E-state index contributed by atoms with van der Waals surface area (Å²) >= 11 is 0. The van der Waals surface area contributed by atoms with Crippen molar-refractivity contribution in [1.29, 1.82) is 0 Å². The predicted octanol–water partition coefficient (Wildman–Crippen LogP) is 2.50. The zero-order valence-electron chi connectivity index (χ0n) is 17.2. The lowest BCUT2D eigenvalue weighted by atomic mass is 10.1. The third-order valence-corrected chi connectivity index (χ3v) is 4.61. The number of halogens is 1. The Labute approximate surface area is 167 Å². The van der Waals surface area contributed by atoms with E-state index >= 15 is 0 Å². The molecule has 25 heavy (non-hydrogen) atoms. The summed E-state index contributed by atoms with van der Waals surface area (Å²) in [4.78, 5) is 11.2. The molecule has 0 aromatic carbocycles. The molecule has 0 heterocycles. The van der Waals surface area contributed by atoms with Crippen LogP contribution < -0.4 is 17.0 Å². The molecule has 0 bridgehead atoms. The third kappa shape index (κ3) is 18.2. The van der Waals surface area contributed by atoms with Gasteiger partial charge >= 0.3 is 5.97 Å². The van der Waals surface area contributed by atoms with Crippen molar-refractivity contribution in [2.75, 3.05) is 33.8 Å². The van der Waals surface area contributed by atoms with Gasteiger partial charge in [0.15, 0.2) is 0 Å². The number of esters is 1. The van der Waals surface area contributed by atoms with Crippen molar-refractivity contribution < 1.29 is 31.0 Å². The average Bonchev–Trinajstić information content (AvgIpc) is 2.53. The standard InChI is InChI=1S/C21H42NO2.BrH/c1-6-7-17-22(4,5)18-15-13-11-9-8-10-12-14-16-19-24-21(23)20(2)3;/h2,6-19H2,1,3-5H3;1H/q+1;/p-1. The van der Waals surface area contributed by atoms with Crippen LogP contribution in [0.5, 0.6) is 0 Å². The van der Waals surface area contributed by atoms with E-state index in [1.165, 1.54) is 75.4 Å². The Kier molecular flexibility index (Phi) is 18.4. The second-order valence-corrected chi connectivity index (χ2v) is 7.83. The van der Waals surface area contributed by atoms with Crippen molar-refractivity contribution in [1.82, 2.24) is 0 Å². The largest absolute Gasteiger partial charge is 1.00 e. The van der Waals surface area contributed by atoms with Crippen LogP contribution in [0.2, 0.25) is 0 Å². The summed E-state index contributed by atoms with van der Waals surface area (Å²) in [6.07, 6.45) is 14.2. The normalized spacial score (nSPS) is 11.0. The van der Waals surface area contributed by atoms with E-state index in [0.29, 0.717) is 12.2 Å². The maximum Gasteiger partial charge on any atom is 0.333 e. The predicted molar refractivity (Wildman–Crippen MR) is 104 cm³/mol. The topological polar surface area (TPSA) is 26.3 Å². The van der Waals surface area contributed by atoms with Crippen LogP contribution in [0, 0.1) is 0 Å². The molecule has 3 nitrogen and oxygen atoms in total. The summed E-state index contributed by atoms with van der Waals surface area (Å²) in [5.41, 5.74) is 0.488. The number of carbonyl (C=O) groups excluding carboxylic acids is 1. The van der Waals surface area contributed by atoms with Gasteiger partial charge < -0.3 is 26.2 Å². The van der Waals surface area contributed by atoms with Gasteiger partial charge in [-0.15, -0.1) is 0 Å². The minimum atomic E-state index is -0.258. The van der Waals surface area contributed by atoms with Crippen LogP contribution in [0.1, 0.15) is 84.5 Å². The molecule has 0 aromatic rings. The number of carbonyl (C=O) groups is 1. The molecule has 150 valence electrons. The van der Waals surface area contributed by atoms with E-state index in [4.69, 9.17) is 4.74 Å². The first-order valence-corrected chi connectivity index (χ1v) is 10.0. The fraction of sp³-hybridized carbons (Fsp3) is 0.857. The Morgan fingerprint density at radius 2 is 1.28 bits per heavy atom. The number of rotatable bonds is 16. The molecule has 0 atom stereocenters. The molecule has 0 aliphatic rings. The van der Waals surface area contributed by atoms with Crippen molar-refractivity contribution >= 4 is 5.97 Å². The molecule has 4 heteroatoms. The zero-order chi connectivity index (χ0) is 18.3. The number of hydrogen-bond acceptors (Lipinski definition) is 2. The Hall–Kier alpha value is -0.350. The highest BCUT2D eigenvalue weighted by molar-refractivity contribution is 5.86. The first-order chi connectivity index (χ1) is 11.4. The molecule has 0 spiro atoms. The van der Waals surface area contributed by atoms with E-state index in [0.717, 1.165) is 12.8 Å². The lowest BCUT2D eigenvalue weighted by Gasteiger charge is -2.29. The lowest BCUT2D eigenvalue weighted by Crippen LogP contribution is -3.00. The highest BCUT2D eigenvalue weighted by Crippen LogP contribution is 2.12. The summed E-state index contributed by atoms with van der Waals surface area (Å²) in [5.74, 6) is -0.258. The van der Waals surface area contributed by atoms with Gasteiger partial charge in [0.25, 0.3) is 0 Å². The molecule has 0 saturated heterocycles. The number of ether oxygens (including phenoxy) is 1. The fourth-order valence-electron chi connectivity index (χ4n) is 2.87. The van der Waals surface area contributed by atoms with Crippen LogP contribution in [-0.4, -0.2) is 44.2 Å². The number of quaternary nitrogens is 1. The Bertz CT molecular complexity index is 343. The van der Waals surface area contributed by atoms with Crippen LogP contribution >= 0.6 is 0 Å². The molecule has 0 amide bonds.